The van der Waals surface area contributed by atoms with Gasteiger partial charge in [0.05, 0.1) is 6.20 Å². The molecule has 0 atom stereocenters. The first-order valence-electron chi connectivity index (χ1n) is 4.87. The summed E-state index contributed by atoms with van der Waals surface area (Å²) < 4.78 is 30.9. The zero-order valence-corrected chi connectivity index (χ0v) is 8.12. The van der Waals surface area contributed by atoms with Crippen molar-refractivity contribution in [2.75, 3.05) is 6.54 Å². The van der Waals surface area contributed by atoms with Crippen molar-refractivity contribution in [3.8, 4) is 5.88 Å². The minimum absolute atomic E-state index is 0.0361. The van der Waals surface area contributed by atoms with Crippen LogP contribution >= 0.6 is 0 Å². The molecule has 0 aromatic carbocycles. The van der Waals surface area contributed by atoms with Gasteiger partial charge in [0.2, 0.25) is 0 Å². The molecule has 1 aromatic rings. The van der Waals surface area contributed by atoms with E-state index >= 15 is 0 Å². The molecule has 82 valence electrons. The molecule has 1 aliphatic carbocycles. The summed E-state index contributed by atoms with van der Waals surface area (Å²) in [6, 6.07) is 0.765. The lowest BCUT2D eigenvalue weighted by Gasteiger charge is -2.34. The number of halogens is 2. The second-order valence-electron chi connectivity index (χ2n) is 3.75. The van der Waals surface area contributed by atoms with Gasteiger partial charge in [-0.2, -0.15) is 0 Å². The van der Waals surface area contributed by atoms with Crippen LogP contribution < -0.4 is 10.5 Å². The molecule has 15 heavy (non-hydrogen) atoms. The number of aromatic nitrogens is 1. The Labute approximate surface area is 86.3 Å². The number of rotatable bonds is 3. The van der Waals surface area contributed by atoms with E-state index in [1.165, 1.54) is 0 Å². The smallest absolute Gasteiger partial charge is 0.250 e. The van der Waals surface area contributed by atoms with Crippen LogP contribution in [0.3, 0.4) is 0 Å². The van der Waals surface area contributed by atoms with Gasteiger partial charge in [-0.25, -0.2) is 13.8 Å². The third-order valence-corrected chi connectivity index (χ3v) is 2.58. The van der Waals surface area contributed by atoms with Gasteiger partial charge in [0, 0.05) is 6.07 Å². The average Bonchev–Trinajstić information content (AvgIpc) is 2.13. The summed E-state index contributed by atoms with van der Waals surface area (Å²) in [5.74, 6) is -1.13. The van der Waals surface area contributed by atoms with Crippen LogP contribution in [0.4, 0.5) is 8.78 Å². The molecule has 1 aliphatic rings. The van der Waals surface area contributed by atoms with Crippen LogP contribution in [0.5, 0.6) is 5.88 Å². The van der Waals surface area contributed by atoms with E-state index < -0.39 is 11.6 Å². The van der Waals surface area contributed by atoms with Gasteiger partial charge in [0.15, 0.2) is 5.82 Å². The maximum atomic E-state index is 13.1. The van der Waals surface area contributed by atoms with Crippen molar-refractivity contribution in [1.82, 2.24) is 4.98 Å². The lowest BCUT2D eigenvalue weighted by Crippen LogP contribution is -2.38. The summed E-state index contributed by atoms with van der Waals surface area (Å²) in [4.78, 5) is 3.55. The predicted molar refractivity (Wildman–Crippen MR) is 50.3 cm³/mol. The van der Waals surface area contributed by atoms with Gasteiger partial charge in [-0.15, -0.1) is 0 Å². The molecule has 0 unspecified atom stereocenters. The molecule has 0 spiro atoms. The summed E-state index contributed by atoms with van der Waals surface area (Å²) in [6.45, 7) is 0.624. The van der Waals surface area contributed by atoms with Gasteiger partial charge in [0.25, 0.3) is 5.88 Å². The van der Waals surface area contributed by atoms with E-state index in [4.69, 9.17) is 10.5 Å². The summed E-state index contributed by atoms with van der Waals surface area (Å²) in [6.07, 6.45) is 2.53. The average molecular weight is 214 g/mol. The van der Waals surface area contributed by atoms with Gasteiger partial charge >= 0.3 is 0 Å². The summed E-state index contributed by atoms with van der Waals surface area (Å²) in [5, 5.41) is 0. The quantitative estimate of drug-likeness (QED) is 0.829. The second kappa shape index (κ2) is 4.10. The SMILES string of the molecule is NCC1CC(Oc2ncc(F)cc2F)C1. The van der Waals surface area contributed by atoms with E-state index in [1.54, 1.807) is 0 Å². The van der Waals surface area contributed by atoms with E-state index in [9.17, 15) is 8.78 Å². The van der Waals surface area contributed by atoms with Crippen LogP contribution in [-0.2, 0) is 0 Å². The summed E-state index contributed by atoms with van der Waals surface area (Å²) >= 11 is 0. The predicted octanol–water partition coefficient (Wildman–Crippen LogP) is 1.48. The Morgan fingerprint density at radius 2 is 2.20 bits per heavy atom. The monoisotopic (exact) mass is 214 g/mol. The molecule has 1 aromatic heterocycles. The standard InChI is InChI=1S/C10H12F2N2O/c11-7-3-9(12)10(14-5-7)15-8-1-6(2-8)4-13/h3,5-6,8H,1-2,4,13H2. The van der Waals surface area contributed by atoms with E-state index in [2.05, 4.69) is 4.98 Å². The number of pyridine rings is 1. The van der Waals surface area contributed by atoms with E-state index in [0.29, 0.717) is 12.5 Å². The lowest BCUT2D eigenvalue weighted by atomic mass is 9.82. The molecule has 0 radical (unpaired) electrons. The van der Waals surface area contributed by atoms with Crippen molar-refractivity contribution in [2.24, 2.45) is 11.7 Å². The Morgan fingerprint density at radius 1 is 1.47 bits per heavy atom. The van der Waals surface area contributed by atoms with Gasteiger partial charge in [-0.05, 0) is 25.3 Å². The summed E-state index contributed by atoms with van der Waals surface area (Å²) in [5.41, 5.74) is 5.44. The van der Waals surface area contributed by atoms with Crippen molar-refractivity contribution < 1.29 is 13.5 Å². The molecule has 0 aliphatic heterocycles. The first-order chi connectivity index (χ1) is 7.19. The molecule has 1 heterocycles. The Kier molecular flexibility index (Phi) is 2.81. The highest BCUT2D eigenvalue weighted by atomic mass is 19.1. The molecule has 5 heteroatoms. The largest absolute Gasteiger partial charge is 0.472 e. The number of ether oxygens (including phenoxy) is 1. The van der Waals surface area contributed by atoms with Crippen LogP contribution in [0, 0.1) is 17.6 Å². The zero-order chi connectivity index (χ0) is 10.8. The molecular weight excluding hydrogens is 202 g/mol. The highest BCUT2D eigenvalue weighted by molar-refractivity contribution is 5.14. The van der Waals surface area contributed by atoms with Crippen LogP contribution in [0.2, 0.25) is 0 Å². The molecule has 1 saturated carbocycles. The third-order valence-electron chi connectivity index (χ3n) is 2.58. The van der Waals surface area contributed by atoms with Crippen molar-refractivity contribution in [3.05, 3.63) is 23.9 Å². The van der Waals surface area contributed by atoms with Crippen molar-refractivity contribution in [1.29, 1.82) is 0 Å². The molecule has 3 nitrogen and oxygen atoms in total. The highest BCUT2D eigenvalue weighted by Gasteiger charge is 2.30. The van der Waals surface area contributed by atoms with Gasteiger partial charge in [0.1, 0.15) is 11.9 Å². The Balaban J connectivity index is 1.94. The molecule has 0 bridgehead atoms. The van der Waals surface area contributed by atoms with E-state index in [1.807, 2.05) is 0 Å². The normalized spacial score (nSPS) is 24.7. The fourth-order valence-corrected chi connectivity index (χ4v) is 1.61. The first-order valence-corrected chi connectivity index (χ1v) is 4.87. The zero-order valence-electron chi connectivity index (χ0n) is 8.12. The molecular formula is C10H12F2N2O. The lowest BCUT2D eigenvalue weighted by molar-refractivity contribution is 0.0607. The van der Waals surface area contributed by atoms with Crippen molar-refractivity contribution in [2.45, 2.75) is 18.9 Å². The minimum Gasteiger partial charge on any atom is -0.472 e. The van der Waals surface area contributed by atoms with Crippen LogP contribution in [-0.4, -0.2) is 17.6 Å². The number of nitrogens with zero attached hydrogens (tertiary/aromatic N) is 1. The number of hydrogen-bond acceptors (Lipinski definition) is 3. The molecule has 2 rings (SSSR count). The van der Waals surface area contributed by atoms with E-state index in [0.717, 1.165) is 25.1 Å². The van der Waals surface area contributed by atoms with Gasteiger partial charge in [-0.3, -0.25) is 0 Å². The molecule has 1 fully saturated rings. The van der Waals surface area contributed by atoms with Crippen LogP contribution in [0.1, 0.15) is 12.8 Å². The second-order valence-corrected chi connectivity index (χ2v) is 3.75. The molecule has 2 N–H and O–H groups in total. The van der Waals surface area contributed by atoms with Crippen molar-refractivity contribution >= 4 is 0 Å². The maximum Gasteiger partial charge on any atom is 0.250 e. The molecule has 0 amide bonds. The Hall–Kier alpha value is -1.23. The minimum atomic E-state index is -0.758. The summed E-state index contributed by atoms with van der Waals surface area (Å²) in [7, 11) is 0. The number of hydrogen-bond donors (Lipinski definition) is 1. The van der Waals surface area contributed by atoms with Gasteiger partial charge < -0.3 is 10.5 Å². The van der Waals surface area contributed by atoms with Crippen LogP contribution in [0.15, 0.2) is 12.3 Å². The first kappa shape index (κ1) is 10.3. The number of nitrogens with two attached hydrogens (primary N) is 1. The maximum absolute atomic E-state index is 13.1. The topological polar surface area (TPSA) is 48.1 Å². The van der Waals surface area contributed by atoms with E-state index in [-0.39, 0.29) is 12.0 Å². The molecule has 0 saturated heterocycles. The third kappa shape index (κ3) is 2.23. The fraction of sp³-hybridized carbons (Fsp3) is 0.500. The fourth-order valence-electron chi connectivity index (χ4n) is 1.61. The van der Waals surface area contributed by atoms with Gasteiger partial charge in [-0.1, -0.05) is 0 Å². The van der Waals surface area contributed by atoms with Crippen LogP contribution in [0.25, 0.3) is 0 Å². The highest BCUT2D eigenvalue weighted by Crippen LogP contribution is 2.30. The Morgan fingerprint density at radius 3 is 2.80 bits per heavy atom. The van der Waals surface area contributed by atoms with Crippen molar-refractivity contribution in [3.63, 3.8) is 0 Å². The Bertz CT molecular complexity index is 353.